The molecule has 0 spiro atoms. The Morgan fingerprint density at radius 1 is 1.21 bits per heavy atom. The predicted octanol–water partition coefficient (Wildman–Crippen LogP) is 1.91. The SMILES string of the molecule is COc1ccc2c(c1)C[C@@H]([C@]1(O)C(=O)N(C)c3ccccc31)C2=O. The van der Waals surface area contributed by atoms with Crippen LogP contribution in [-0.4, -0.2) is 31.0 Å². The quantitative estimate of drug-likeness (QED) is 0.917. The zero-order valence-electron chi connectivity index (χ0n) is 13.4. The van der Waals surface area contributed by atoms with E-state index in [0.29, 0.717) is 29.0 Å². The van der Waals surface area contributed by atoms with Crippen molar-refractivity contribution in [3.8, 4) is 5.75 Å². The smallest absolute Gasteiger partial charge is 0.264 e. The van der Waals surface area contributed by atoms with Gasteiger partial charge >= 0.3 is 0 Å². The standard InChI is InChI=1S/C19H17NO4/c1-20-16-6-4-3-5-14(16)19(23,18(20)22)15-10-11-9-12(24-2)7-8-13(11)17(15)21/h3-9,15,23H,10H2,1-2H3/t15-,19+/m1/s1. The number of benzene rings is 2. The number of methoxy groups -OCH3 is 1. The number of carbonyl (C=O) groups excluding carboxylic acids is 2. The van der Waals surface area contributed by atoms with Crippen molar-refractivity contribution in [1.29, 1.82) is 0 Å². The Morgan fingerprint density at radius 2 is 1.96 bits per heavy atom. The van der Waals surface area contributed by atoms with Crippen LogP contribution in [0.25, 0.3) is 0 Å². The van der Waals surface area contributed by atoms with Crippen LogP contribution in [0, 0.1) is 5.92 Å². The number of Topliss-reactive ketones (excluding diaryl/α,β-unsaturated/α-hetero) is 1. The number of hydrogen-bond acceptors (Lipinski definition) is 4. The summed E-state index contributed by atoms with van der Waals surface area (Å²) in [5, 5.41) is 11.3. The Morgan fingerprint density at radius 3 is 2.71 bits per heavy atom. The number of amides is 1. The normalized spacial score (nSPS) is 25.0. The van der Waals surface area contributed by atoms with Gasteiger partial charge in [-0.25, -0.2) is 0 Å². The molecule has 1 N–H and O–H groups in total. The van der Waals surface area contributed by atoms with E-state index in [0.717, 1.165) is 5.56 Å². The summed E-state index contributed by atoms with van der Waals surface area (Å²) >= 11 is 0. The zero-order chi connectivity index (χ0) is 17.1. The fraction of sp³-hybridized carbons (Fsp3) is 0.263. The van der Waals surface area contributed by atoms with E-state index in [1.165, 1.54) is 4.90 Å². The highest BCUT2D eigenvalue weighted by molar-refractivity contribution is 6.13. The lowest BCUT2D eigenvalue weighted by molar-refractivity contribution is -0.139. The van der Waals surface area contributed by atoms with Gasteiger partial charge in [0, 0.05) is 18.2 Å². The van der Waals surface area contributed by atoms with Crippen molar-refractivity contribution in [3.05, 3.63) is 59.2 Å². The summed E-state index contributed by atoms with van der Waals surface area (Å²) in [7, 11) is 3.18. The van der Waals surface area contributed by atoms with E-state index in [1.807, 2.05) is 6.07 Å². The van der Waals surface area contributed by atoms with E-state index >= 15 is 0 Å². The second-order valence-electron chi connectivity index (χ2n) is 6.29. The monoisotopic (exact) mass is 323 g/mol. The molecule has 0 bridgehead atoms. The third-order valence-corrected chi connectivity index (χ3v) is 5.13. The number of carbonyl (C=O) groups is 2. The second kappa shape index (κ2) is 4.92. The lowest BCUT2D eigenvalue weighted by Gasteiger charge is -2.27. The number of aliphatic hydroxyl groups is 1. The number of anilines is 1. The molecule has 2 aromatic carbocycles. The molecule has 1 aliphatic carbocycles. The van der Waals surface area contributed by atoms with Gasteiger partial charge in [0.2, 0.25) is 0 Å². The van der Waals surface area contributed by atoms with Crippen molar-refractivity contribution in [2.75, 3.05) is 19.1 Å². The maximum absolute atomic E-state index is 12.9. The van der Waals surface area contributed by atoms with Crippen LogP contribution in [0.15, 0.2) is 42.5 Å². The molecule has 24 heavy (non-hydrogen) atoms. The fourth-order valence-electron chi connectivity index (χ4n) is 3.85. The van der Waals surface area contributed by atoms with Crippen LogP contribution in [0.1, 0.15) is 21.5 Å². The molecule has 0 aromatic heterocycles. The average molecular weight is 323 g/mol. The number of rotatable bonds is 2. The average Bonchev–Trinajstić information content (AvgIpc) is 3.04. The van der Waals surface area contributed by atoms with Crippen molar-refractivity contribution >= 4 is 17.4 Å². The van der Waals surface area contributed by atoms with Crippen LogP contribution < -0.4 is 9.64 Å². The van der Waals surface area contributed by atoms with Crippen LogP contribution in [0.3, 0.4) is 0 Å². The van der Waals surface area contributed by atoms with Crippen molar-refractivity contribution in [2.24, 2.45) is 5.92 Å². The molecule has 0 saturated heterocycles. The van der Waals surface area contributed by atoms with Gasteiger partial charge in [-0.15, -0.1) is 0 Å². The second-order valence-corrected chi connectivity index (χ2v) is 6.29. The molecule has 0 radical (unpaired) electrons. The Bertz CT molecular complexity index is 875. The van der Waals surface area contributed by atoms with Gasteiger partial charge in [0.15, 0.2) is 11.4 Å². The van der Waals surface area contributed by atoms with Gasteiger partial charge in [0.05, 0.1) is 18.7 Å². The van der Waals surface area contributed by atoms with Gasteiger partial charge < -0.3 is 14.7 Å². The number of ketones is 1. The van der Waals surface area contributed by atoms with E-state index < -0.39 is 17.4 Å². The summed E-state index contributed by atoms with van der Waals surface area (Å²) < 4.78 is 5.21. The molecule has 5 heteroatoms. The van der Waals surface area contributed by atoms with E-state index in [-0.39, 0.29) is 5.78 Å². The van der Waals surface area contributed by atoms with Crippen molar-refractivity contribution in [1.82, 2.24) is 0 Å². The lowest BCUT2D eigenvalue weighted by atomic mass is 9.80. The Hall–Kier alpha value is -2.66. The van der Waals surface area contributed by atoms with Gasteiger partial charge in [0.1, 0.15) is 5.75 Å². The van der Waals surface area contributed by atoms with Gasteiger partial charge in [-0.2, -0.15) is 0 Å². The highest BCUT2D eigenvalue weighted by Crippen LogP contribution is 2.48. The maximum atomic E-state index is 12.9. The highest BCUT2D eigenvalue weighted by atomic mass is 16.5. The minimum Gasteiger partial charge on any atom is -0.497 e. The number of nitrogens with zero attached hydrogens (tertiary/aromatic N) is 1. The Labute approximate surface area is 139 Å². The Balaban J connectivity index is 1.82. The predicted molar refractivity (Wildman–Crippen MR) is 88.3 cm³/mol. The summed E-state index contributed by atoms with van der Waals surface area (Å²) in [6.07, 6.45) is 0.315. The van der Waals surface area contributed by atoms with E-state index in [4.69, 9.17) is 4.74 Å². The van der Waals surface area contributed by atoms with Crippen molar-refractivity contribution < 1.29 is 19.4 Å². The molecular formula is C19H17NO4. The minimum absolute atomic E-state index is 0.200. The summed E-state index contributed by atoms with van der Waals surface area (Å²) in [4.78, 5) is 27.1. The first-order valence-electron chi connectivity index (χ1n) is 7.79. The molecule has 0 saturated carbocycles. The molecule has 5 nitrogen and oxygen atoms in total. The molecule has 2 atom stereocenters. The van der Waals surface area contributed by atoms with Crippen LogP contribution in [0.4, 0.5) is 5.69 Å². The number of ether oxygens (including phenoxy) is 1. The van der Waals surface area contributed by atoms with Crippen LogP contribution in [-0.2, 0) is 16.8 Å². The zero-order valence-corrected chi connectivity index (χ0v) is 13.4. The molecule has 2 aromatic rings. The molecule has 0 unspecified atom stereocenters. The number of fused-ring (bicyclic) bond motifs is 2. The molecule has 0 fully saturated rings. The van der Waals surface area contributed by atoms with Crippen molar-refractivity contribution in [3.63, 3.8) is 0 Å². The number of para-hydroxylation sites is 1. The third-order valence-electron chi connectivity index (χ3n) is 5.13. The Kier molecular flexibility index (Phi) is 3.05. The number of hydrogen-bond donors (Lipinski definition) is 1. The topological polar surface area (TPSA) is 66.8 Å². The minimum atomic E-state index is -1.82. The summed E-state index contributed by atoms with van der Waals surface area (Å²) in [6.45, 7) is 0. The first-order valence-corrected chi connectivity index (χ1v) is 7.79. The van der Waals surface area contributed by atoms with Crippen molar-refractivity contribution in [2.45, 2.75) is 12.0 Å². The first kappa shape index (κ1) is 14.9. The summed E-state index contributed by atoms with van der Waals surface area (Å²) in [6, 6.07) is 12.3. The van der Waals surface area contributed by atoms with E-state index in [1.54, 1.807) is 50.6 Å². The van der Waals surface area contributed by atoms with Crippen LogP contribution in [0.2, 0.25) is 0 Å². The van der Waals surface area contributed by atoms with Gasteiger partial charge in [-0.05, 0) is 36.2 Å². The highest BCUT2D eigenvalue weighted by Gasteiger charge is 2.57. The van der Waals surface area contributed by atoms with Crippen LogP contribution >= 0.6 is 0 Å². The molecule has 1 heterocycles. The van der Waals surface area contributed by atoms with Gasteiger partial charge in [-0.1, -0.05) is 18.2 Å². The molecule has 1 aliphatic heterocycles. The fourth-order valence-corrected chi connectivity index (χ4v) is 3.85. The summed E-state index contributed by atoms with van der Waals surface area (Å²) in [5.74, 6) is -0.821. The van der Waals surface area contributed by atoms with E-state index in [9.17, 15) is 14.7 Å². The molecule has 122 valence electrons. The molecule has 1 amide bonds. The molecular weight excluding hydrogens is 306 g/mol. The summed E-state index contributed by atoms with van der Waals surface area (Å²) in [5.41, 5.74) is 0.669. The van der Waals surface area contributed by atoms with Gasteiger partial charge in [-0.3, -0.25) is 9.59 Å². The molecule has 2 aliphatic rings. The first-order chi connectivity index (χ1) is 11.5. The van der Waals surface area contributed by atoms with Crippen LogP contribution in [0.5, 0.6) is 5.75 Å². The number of likely N-dealkylation sites (N-methyl/N-ethyl adjacent to an activating group) is 1. The van der Waals surface area contributed by atoms with E-state index in [2.05, 4.69) is 0 Å². The molecule has 4 rings (SSSR count). The third kappa shape index (κ3) is 1.73. The lowest BCUT2D eigenvalue weighted by Crippen LogP contribution is -2.46. The van der Waals surface area contributed by atoms with Gasteiger partial charge in [0.25, 0.3) is 5.91 Å². The maximum Gasteiger partial charge on any atom is 0.264 e. The largest absolute Gasteiger partial charge is 0.497 e.